The van der Waals surface area contributed by atoms with Gasteiger partial charge in [-0.3, -0.25) is 10.1 Å². The van der Waals surface area contributed by atoms with Crippen LogP contribution < -0.4 is 0 Å². The number of fused-ring (bicyclic) bond motifs is 2. The van der Waals surface area contributed by atoms with Crippen LogP contribution in [0, 0.1) is 17.0 Å². The molecule has 0 saturated heterocycles. The molecule has 2 aromatic carbocycles. The number of aromatic nitrogens is 3. The summed E-state index contributed by atoms with van der Waals surface area (Å²) in [4.78, 5) is 28.0. The zero-order valence-corrected chi connectivity index (χ0v) is 15.3. The van der Waals surface area contributed by atoms with Gasteiger partial charge in [0.2, 0.25) is 0 Å². The van der Waals surface area contributed by atoms with Gasteiger partial charge >= 0.3 is 5.97 Å². The summed E-state index contributed by atoms with van der Waals surface area (Å²) in [6.45, 7) is 1.89. The van der Waals surface area contributed by atoms with Crippen molar-refractivity contribution >= 4 is 22.7 Å². The summed E-state index contributed by atoms with van der Waals surface area (Å²) in [6, 6.07) is 15.8. The summed E-state index contributed by atoms with van der Waals surface area (Å²) in [7, 11) is 0. The highest BCUT2D eigenvalue weighted by molar-refractivity contribution is 6.09. The van der Waals surface area contributed by atoms with Gasteiger partial charge < -0.3 is 4.74 Å². The lowest BCUT2D eigenvalue weighted by Crippen LogP contribution is -2.03. The van der Waals surface area contributed by atoms with Gasteiger partial charge in [0.05, 0.1) is 32.9 Å². The van der Waals surface area contributed by atoms with E-state index in [-0.39, 0.29) is 12.3 Å². The number of hydrogen-bond donors (Lipinski definition) is 0. The van der Waals surface area contributed by atoms with Crippen molar-refractivity contribution in [2.75, 3.05) is 0 Å². The van der Waals surface area contributed by atoms with Crippen molar-refractivity contribution in [1.82, 2.24) is 14.8 Å². The number of benzene rings is 2. The largest absolute Gasteiger partial charge is 0.455 e. The number of cyclic esters (lactones) is 1. The molecule has 8 heteroatoms. The van der Waals surface area contributed by atoms with Crippen LogP contribution in [-0.2, 0) is 11.3 Å². The van der Waals surface area contributed by atoms with Gasteiger partial charge in [-0.15, -0.1) is 0 Å². The van der Waals surface area contributed by atoms with Gasteiger partial charge in [0.1, 0.15) is 6.61 Å². The number of ether oxygens (including phenoxy) is 1. The Bertz CT molecular complexity index is 1310. The molecule has 8 nitrogen and oxygen atoms in total. The van der Waals surface area contributed by atoms with E-state index >= 15 is 0 Å². The third-order valence-electron chi connectivity index (χ3n) is 4.96. The minimum absolute atomic E-state index is 0.0549. The second-order valence-corrected chi connectivity index (χ2v) is 6.72. The van der Waals surface area contributed by atoms with Gasteiger partial charge in [-0.25, -0.2) is 14.5 Å². The van der Waals surface area contributed by atoms with Crippen LogP contribution in [-0.4, -0.2) is 25.7 Å². The molecule has 4 aromatic rings. The molecule has 0 N–H and O–H groups in total. The van der Waals surface area contributed by atoms with Crippen molar-refractivity contribution < 1.29 is 14.5 Å². The number of carbonyl (C=O) groups excluding carboxylic acids is 1. The Morgan fingerprint density at radius 3 is 2.66 bits per heavy atom. The number of pyridine rings is 1. The van der Waals surface area contributed by atoms with Crippen LogP contribution >= 0.6 is 0 Å². The van der Waals surface area contributed by atoms with E-state index in [4.69, 9.17) is 4.74 Å². The average Bonchev–Trinajstić information content (AvgIpc) is 3.27. The van der Waals surface area contributed by atoms with E-state index in [0.717, 1.165) is 5.69 Å². The Hall–Kier alpha value is -4.07. The maximum absolute atomic E-state index is 12.5. The minimum Gasteiger partial charge on any atom is -0.455 e. The monoisotopic (exact) mass is 386 g/mol. The van der Waals surface area contributed by atoms with Crippen molar-refractivity contribution in [3.05, 3.63) is 81.7 Å². The van der Waals surface area contributed by atoms with Gasteiger partial charge in [-0.05, 0) is 24.6 Å². The topological polar surface area (TPSA) is 100 Å². The maximum Gasteiger partial charge on any atom is 0.341 e. The summed E-state index contributed by atoms with van der Waals surface area (Å²) in [5.41, 5.74) is 3.98. The van der Waals surface area contributed by atoms with Gasteiger partial charge in [-0.2, -0.15) is 5.10 Å². The molecule has 0 unspecified atom stereocenters. The summed E-state index contributed by atoms with van der Waals surface area (Å²) in [6.07, 6.45) is 0. The molecule has 0 bridgehead atoms. The third-order valence-corrected chi connectivity index (χ3v) is 4.96. The number of nitro groups is 1. The molecular formula is C21H14N4O4. The van der Waals surface area contributed by atoms with Crippen molar-refractivity contribution in [3.63, 3.8) is 0 Å². The van der Waals surface area contributed by atoms with Crippen LogP contribution in [0.25, 0.3) is 27.8 Å². The number of hydrogen-bond acceptors (Lipinski definition) is 6. The SMILES string of the molecule is Cc1nn(-c2ccccc2)c2nc3c(c(-c4cccc([N+](=O)[O-])c4)c12)C(=O)OC3. The Balaban J connectivity index is 1.89. The van der Waals surface area contributed by atoms with E-state index in [0.29, 0.717) is 39.1 Å². The number of aryl methyl sites for hydroxylation is 1. The van der Waals surface area contributed by atoms with Crippen molar-refractivity contribution in [2.24, 2.45) is 0 Å². The highest BCUT2D eigenvalue weighted by Crippen LogP contribution is 2.39. The number of para-hydroxylation sites is 1. The van der Waals surface area contributed by atoms with E-state index in [1.54, 1.807) is 16.8 Å². The average molecular weight is 386 g/mol. The van der Waals surface area contributed by atoms with E-state index in [1.807, 2.05) is 37.3 Å². The first kappa shape index (κ1) is 17.1. The van der Waals surface area contributed by atoms with Gasteiger partial charge in [0.15, 0.2) is 5.65 Å². The number of rotatable bonds is 3. The van der Waals surface area contributed by atoms with E-state index < -0.39 is 10.9 Å². The molecule has 1 aliphatic heterocycles. The molecule has 1 aliphatic rings. The predicted molar refractivity (Wildman–Crippen MR) is 105 cm³/mol. The summed E-state index contributed by atoms with van der Waals surface area (Å²) >= 11 is 0. The lowest BCUT2D eigenvalue weighted by molar-refractivity contribution is -0.384. The zero-order chi connectivity index (χ0) is 20.1. The van der Waals surface area contributed by atoms with E-state index in [9.17, 15) is 14.9 Å². The highest BCUT2D eigenvalue weighted by atomic mass is 16.6. The molecule has 0 aliphatic carbocycles. The molecule has 0 spiro atoms. The summed E-state index contributed by atoms with van der Waals surface area (Å²) < 4.78 is 6.94. The van der Waals surface area contributed by atoms with Crippen LogP contribution in [0.5, 0.6) is 0 Å². The number of nitro benzene ring substituents is 1. The maximum atomic E-state index is 12.5. The molecule has 0 saturated carbocycles. The van der Waals surface area contributed by atoms with Gasteiger partial charge in [0, 0.05) is 17.7 Å². The molecular weight excluding hydrogens is 372 g/mol. The molecule has 0 radical (unpaired) electrons. The zero-order valence-electron chi connectivity index (χ0n) is 15.3. The Kier molecular flexibility index (Phi) is 3.67. The third kappa shape index (κ3) is 2.57. The number of carbonyl (C=O) groups is 1. The number of esters is 1. The van der Waals surface area contributed by atoms with E-state index in [2.05, 4.69) is 10.1 Å². The fourth-order valence-corrected chi connectivity index (χ4v) is 3.71. The van der Waals surface area contributed by atoms with Crippen LogP contribution in [0.4, 0.5) is 5.69 Å². The molecule has 5 rings (SSSR count). The van der Waals surface area contributed by atoms with Crippen molar-refractivity contribution in [3.8, 4) is 16.8 Å². The smallest absolute Gasteiger partial charge is 0.341 e. The molecule has 142 valence electrons. The van der Waals surface area contributed by atoms with E-state index in [1.165, 1.54) is 12.1 Å². The Morgan fingerprint density at radius 1 is 1.10 bits per heavy atom. The molecule has 0 amide bonds. The van der Waals surface area contributed by atoms with Crippen LogP contribution in [0.3, 0.4) is 0 Å². The normalized spacial score (nSPS) is 12.8. The van der Waals surface area contributed by atoms with Crippen LogP contribution in [0.15, 0.2) is 54.6 Å². The minimum atomic E-state index is -0.484. The molecule has 0 atom stereocenters. The van der Waals surface area contributed by atoms with Crippen LogP contribution in [0.2, 0.25) is 0 Å². The number of non-ortho nitro benzene ring substituents is 1. The highest BCUT2D eigenvalue weighted by Gasteiger charge is 2.32. The lowest BCUT2D eigenvalue weighted by atomic mass is 9.95. The lowest BCUT2D eigenvalue weighted by Gasteiger charge is -2.09. The second kappa shape index (κ2) is 6.23. The fourth-order valence-electron chi connectivity index (χ4n) is 3.71. The first-order chi connectivity index (χ1) is 14.0. The van der Waals surface area contributed by atoms with Crippen molar-refractivity contribution in [1.29, 1.82) is 0 Å². The molecule has 2 aromatic heterocycles. The van der Waals surface area contributed by atoms with Crippen molar-refractivity contribution in [2.45, 2.75) is 13.5 Å². The molecule has 3 heterocycles. The Morgan fingerprint density at radius 2 is 1.90 bits per heavy atom. The Labute approximate surface area is 164 Å². The first-order valence-corrected chi connectivity index (χ1v) is 8.94. The quantitative estimate of drug-likeness (QED) is 0.300. The molecule has 0 fully saturated rings. The predicted octanol–water partition coefficient (Wildman–Crippen LogP) is 3.97. The fraction of sp³-hybridized carbons (Fsp3) is 0.0952. The van der Waals surface area contributed by atoms with Gasteiger partial charge in [0.25, 0.3) is 5.69 Å². The number of nitrogens with zero attached hydrogens (tertiary/aromatic N) is 4. The molecule has 29 heavy (non-hydrogen) atoms. The summed E-state index contributed by atoms with van der Waals surface area (Å²) in [5, 5.41) is 16.6. The second-order valence-electron chi connectivity index (χ2n) is 6.72. The standard InChI is InChI=1S/C21H14N4O4/c1-12-17-18(13-6-5-9-15(10-13)25(27)28)19-16(11-29-21(19)26)22-20(17)24(23-12)14-7-3-2-4-8-14/h2-10H,11H2,1H3. The summed E-state index contributed by atoms with van der Waals surface area (Å²) in [5.74, 6) is -0.484. The van der Waals surface area contributed by atoms with Gasteiger partial charge in [-0.1, -0.05) is 30.3 Å². The first-order valence-electron chi connectivity index (χ1n) is 8.94. The van der Waals surface area contributed by atoms with Crippen LogP contribution in [0.1, 0.15) is 21.7 Å².